The third-order valence-corrected chi connectivity index (χ3v) is 2.25. The van der Waals surface area contributed by atoms with Gasteiger partial charge in [0, 0.05) is 24.8 Å². The Bertz CT molecular complexity index is 402. The smallest absolute Gasteiger partial charge is 0.359 e. The van der Waals surface area contributed by atoms with Gasteiger partial charge in [0.05, 0.1) is 0 Å². The minimum absolute atomic E-state index is 0.286. The Morgan fingerprint density at radius 2 is 2.06 bits per heavy atom. The molecule has 0 amide bonds. The average Bonchev–Trinajstić information content (AvgIpc) is 2.40. The van der Waals surface area contributed by atoms with Crippen LogP contribution in [0.15, 0.2) is 0 Å². The van der Waals surface area contributed by atoms with Crippen molar-refractivity contribution in [3.8, 4) is 0 Å². The van der Waals surface area contributed by atoms with Gasteiger partial charge in [-0.05, 0) is 27.7 Å². The van der Waals surface area contributed by atoms with Gasteiger partial charge in [-0.2, -0.15) is 5.10 Å². The van der Waals surface area contributed by atoms with Gasteiger partial charge in [0.25, 0.3) is 0 Å². The van der Waals surface area contributed by atoms with Crippen molar-refractivity contribution in [2.24, 2.45) is 12.8 Å². The van der Waals surface area contributed by atoms with Crippen LogP contribution in [0.2, 0.25) is 0 Å². The van der Waals surface area contributed by atoms with Crippen LogP contribution in [-0.4, -0.2) is 21.4 Å². The maximum absolute atomic E-state index is 11.9. The van der Waals surface area contributed by atoms with Crippen molar-refractivity contribution in [3.05, 3.63) is 17.0 Å². The second-order valence-corrected chi connectivity index (χ2v) is 4.74. The van der Waals surface area contributed by atoms with Crippen LogP contribution < -0.4 is 5.73 Å². The van der Waals surface area contributed by atoms with Crippen molar-refractivity contribution in [2.45, 2.75) is 39.8 Å². The van der Waals surface area contributed by atoms with Gasteiger partial charge >= 0.3 is 5.97 Å². The van der Waals surface area contributed by atoms with Gasteiger partial charge in [0.1, 0.15) is 5.60 Å². The maximum atomic E-state index is 11.9. The number of ether oxygens (including phenoxy) is 1. The summed E-state index contributed by atoms with van der Waals surface area (Å²) in [6.07, 6.45) is 0. The van der Waals surface area contributed by atoms with E-state index in [-0.39, 0.29) is 6.54 Å². The molecule has 0 aliphatic carbocycles. The molecule has 90 valence electrons. The Kier molecular flexibility index (Phi) is 3.38. The van der Waals surface area contributed by atoms with Crippen molar-refractivity contribution in [2.75, 3.05) is 0 Å². The summed E-state index contributed by atoms with van der Waals surface area (Å²) in [5, 5.41) is 4.13. The lowest BCUT2D eigenvalue weighted by Gasteiger charge is -2.18. The minimum atomic E-state index is -0.519. The van der Waals surface area contributed by atoms with Crippen LogP contribution in [0.5, 0.6) is 0 Å². The Hall–Kier alpha value is -1.36. The molecule has 0 saturated carbocycles. The highest BCUT2D eigenvalue weighted by atomic mass is 16.6. The number of hydrogen-bond acceptors (Lipinski definition) is 4. The van der Waals surface area contributed by atoms with Crippen molar-refractivity contribution < 1.29 is 9.53 Å². The van der Waals surface area contributed by atoms with E-state index in [1.54, 1.807) is 11.7 Å². The second kappa shape index (κ2) is 4.25. The van der Waals surface area contributed by atoms with Crippen LogP contribution in [0, 0.1) is 6.92 Å². The zero-order chi connectivity index (χ0) is 12.5. The molecule has 0 fully saturated rings. The number of aryl methyl sites for hydroxylation is 1. The topological polar surface area (TPSA) is 70.1 Å². The van der Waals surface area contributed by atoms with Crippen molar-refractivity contribution in [1.29, 1.82) is 0 Å². The molecule has 16 heavy (non-hydrogen) atoms. The summed E-state index contributed by atoms with van der Waals surface area (Å²) in [5.74, 6) is -0.420. The highest BCUT2D eigenvalue weighted by Gasteiger charge is 2.24. The van der Waals surface area contributed by atoms with Gasteiger partial charge in [-0.3, -0.25) is 4.68 Å². The van der Waals surface area contributed by atoms with E-state index in [1.807, 2.05) is 27.7 Å². The third-order valence-electron chi connectivity index (χ3n) is 2.25. The van der Waals surface area contributed by atoms with E-state index in [0.717, 1.165) is 11.3 Å². The third kappa shape index (κ3) is 2.61. The fourth-order valence-corrected chi connectivity index (χ4v) is 1.39. The Labute approximate surface area is 95.6 Å². The summed E-state index contributed by atoms with van der Waals surface area (Å²) in [6, 6.07) is 0. The van der Waals surface area contributed by atoms with E-state index >= 15 is 0 Å². The summed E-state index contributed by atoms with van der Waals surface area (Å²) in [5.41, 5.74) is 7.04. The zero-order valence-electron chi connectivity index (χ0n) is 10.5. The van der Waals surface area contributed by atoms with Crippen LogP contribution in [0.25, 0.3) is 0 Å². The van der Waals surface area contributed by atoms with Crippen LogP contribution >= 0.6 is 0 Å². The largest absolute Gasteiger partial charge is 0.455 e. The molecule has 0 unspecified atom stereocenters. The quantitative estimate of drug-likeness (QED) is 0.766. The Morgan fingerprint density at radius 1 is 1.50 bits per heavy atom. The van der Waals surface area contributed by atoms with E-state index in [9.17, 15) is 4.79 Å². The average molecular weight is 225 g/mol. The number of aromatic nitrogens is 2. The molecule has 0 radical (unpaired) electrons. The van der Waals surface area contributed by atoms with Crippen LogP contribution in [0.4, 0.5) is 0 Å². The fraction of sp³-hybridized carbons (Fsp3) is 0.636. The maximum Gasteiger partial charge on any atom is 0.359 e. The van der Waals surface area contributed by atoms with E-state index in [1.165, 1.54) is 0 Å². The van der Waals surface area contributed by atoms with E-state index < -0.39 is 11.6 Å². The van der Waals surface area contributed by atoms with Crippen molar-refractivity contribution >= 4 is 5.97 Å². The first-order chi connectivity index (χ1) is 7.26. The van der Waals surface area contributed by atoms with Crippen molar-refractivity contribution in [3.63, 3.8) is 0 Å². The first kappa shape index (κ1) is 12.7. The number of hydrogen-bond donors (Lipinski definition) is 1. The Morgan fingerprint density at radius 3 is 2.50 bits per heavy atom. The number of carbonyl (C=O) groups is 1. The van der Waals surface area contributed by atoms with Gasteiger partial charge in [-0.25, -0.2) is 4.79 Å². The molecule has 0 aromatic carbocycles. The lowest BCUT2D eigenvalue weighted by molar-refractivity contribution is 0.00609. The van der Waals surface area contributed by atoms with E-state index in [2.05, 4.69) is 5.10 Å². The van der Waals surface area contributed by atoms with Gasteiger partial charge in [-0.1, -0.05) is 0 Å². The van der Waals surface area contributed by atoms with Gasteiger partial charge in [0.2, 0.25) is 0 Å². The summed E-state index contributed by atoms with van der Waals surface area (Å²) in [4.78, 5) is 11.9. The first-order valence-electron chi connectivity index (χ1n) is 5.22. The minimum Gasteiger partial charge on any atom is -0.455 e. The zero-order valence-corrected chi connectivity index (χ0v) is 10.5. The molecule has 5 nitrogen and oxygen atoms in total. The molecule has 1 aromatic heterocycles. The SMILES string of the molecule is Cc1c(CN)c(C(=O)OC(C)(C)C)nn1C. The standard InChI is InChI=1S/C11H19N3O2/c1-7-8(6-12)9(13-14(7)5)10(15)16-11(2,3)4/h6,12H2,1-5H3. The molecule has 0 aliphatic heterocycles. The highest BCUT2D eigenvalue weighted by molar-refractivity contribution is 5.89. The molecular formula is C11H19N3O2. The molecule has 2 N–H and O–H groups in total. The lowest BCUT2D eigenvalue weighted by atomic mass is 10.1. The van der Waals surface area contributed by atoms with Crippen LogP contribution in [0.1, 0.15) is 42.5 Å². The number of nitrogens with two attached hydrogens (primary N) is 1. The lowest BCUT2D eigenvalue weighted by Crippen LogP contribution is -2.25. The number of rotatable bonds is 2. The molecule has 1 aromatic rings. The number of esters is 1. The van der Waals surface area contributed by atoms with Gasteiger partial charge in [-0.15, -0.1) is 0 Å². The van der Waals surface area contributed by atoms with E-state index in [4.69, 9.17) is 10.5 Å². The molecule has 1 heterocycles. The highest BCUT2D eigenvalue weighted by Crippen LogP contribution is 2.16. The summed E-state index contributed by atoms with van der Waals surface area (Å²) >= 11 is 0. The molecule has 0 saturated heterocycles. The van der Waals surface area contributed by atoms with Gasteiger partial charge < -0.3 is 10.5 Å². The fourth-order valence-electron chi connectivity index (χ4n) is 1.39. The Balaban J connectivity index is 3.05. The summed E-state index contributed by atoms with van der Waals surface area (Å²) < 4.78 is 6.90. The van der Waals surface area contributed by atoms with Crippen LogP contribution in [-0.2, 0) is 18.3 Å². The predicted octanol–water partition coefficient (Wildman–Crippen LogP) is 1.14. The second-order valence-electron chi connectivity index (χ2n) is 4.74. The first-order valence-corrected chi connectivity index (χ1v) is 5.22. The van der Waals surface area contributed by atoms with Crippen molar-refractivity contribution in [1.82, 2.24) is 9.78 Å². The molecule has 5 heteroatoms. The van der Waals surface area contributed by atoms with Gasteiger partial charge in [0.15, 0.2) is 5.69 Å². The molecular weight excluding hydrogens is 206 g/mol. The summed E-state index contributed by atoms with van der Waals surface area (Å²) in [6.45, 7) is 7.63. The van der Waals surface area contributed by atoms with Crippen LogP contribution in [0.3, 0.4) is 0 Å². The number of carbonyl (C=O) groups excluding carboxylic acids is 1. The summed E-state index contributed by atoms with van der Waals surface area (Å²) in [7, 11) is 1.78. The molecule has 0 spiro atoms. The molecule has 0 aliphatic rings. The monoisotopic (exact) mass is 225 g/mol. The number of nitrogens with zero attached hydrogens (tertiary/aromatic N) is 2. The van der Waals surface area contributed by atoms with E-state index in [0.29, 0.717) is 5.69 Å². The normalized spacial score (nSPS) is 11.6. The molecule has 1 rings (SSSR count). The molecule has 0 atom stereocenters. The predicted molar refractivity (Wildman–Crippen MR) is 61.0 cm³/mol. The molecule has 0 bridgehead atoms.